The van der Waals surface area contributed by atoms with Crippen molar-refractivity contribution >= 4 is 17.6 Å². The van der Waals surface area contributed by atoms with Gasteiger partial charge in [0.25, 0.3) is 0 Å². The quantitative estimate of drug-likeness (QED) is 0.449. The lowest BCUT2D eigenvalue weighted by atomic mass is 10.6. The monoisotopic (exact) mass is 229 g/mol. The molecule has 0 aliphatic carbocycles. The SMILES string of the molecule is CCOCCOc1cc(N)nc(SC)n1. The summed E-state index contributed by atoms with van der Waals surface area (Å²) in [6, 6.07) is 1.60. The van der Waals surface area contributed by atoms with E-state index in [-0.39, 0.29) is 0 Å². The first kappa shape index (κ1) is 12.1. The molecule has 84 valence electrons. The van der Waals surface area contributed by atoms with E-state index >= 15 is 0 Å². The third-order valence-electron chi connectivity index (χ3n) is 1.57. The van der Waals surface area contributed by atoms with Gasteiger partial charge in [-0.05, 0) is 13.2 Å². The molecule has 1 aromatic rings. The number of hydrogen-bond acceptors (Lipinski definition) is 6. The summed E-state index contributed by atoms with van der Waals surface area (Å²) in [5.41, 5.74) is 5.59. The van der Waals surface area contributed by atoms with Crippen LogP contribution in [-0.4, -0.2) is 36.0 Å². The van der Waals surface area contributed by atoms with Gasteiger partial charge in [0.1, 0.15) is 12.4 Å². The molecular weight excluding hydrogens is 214 g/mol. The molecule has 1 heterocycles. The Labute approximate surface area is 93.4 Å². The van der Waals surface area contributed by atoms with Gasteiger partial charge in [-0.3, -0.25) is 0 Å². The number of thioether (sulfide) groups is 1. The highest BCUT2D eigenvalue weighted by Gasteiger charge is 2.02. The maximum Gasteiger partial charge on any atom is 0.219 e. The minimum Gasteiger partial charge on any atom is -0.475 e. The molecule has 0 saturated carbocycles. The first-order valence-electron chi connectivity index (χ1n) is 4.65. The van der Waals surface area contributed by atoms with Crippen LogP contribution in [0.4, 0.5) is 5.82 Å². The van der Waals surface area contributed by atoms with Crippen molar-refractivity contribution in [2.75, 3.05) is 31.8 Å². The Morgan fingerprint density at radius 3 is 2.87 bits per heavy atom. The minimum absolute atomic E-state index is 0.417. The van der Waals surface area contributed by atoms with Crippen LogP contribution in [0.1, 0.15) is 6.92 Å². The van der Waals surface area contributed by atoms with Crippen LogP contribution in [0.25, 0.3) is 0 Å². The Balaban J connectivity index is 2.49. The molecule has 1 aromatic heterocycles. The topological polar surface area (TPSA) is 70.3 Å². The molecule has 6 heteroatoms. The van der Waals surface area contributed by atoms with Crippen LogP contribution in [0, 0.1) is 0 Å². The summed E-state index contributed by atoms with van der Waals surface area (Å²) in [5.74, 6) is 0.910. The van der Waals surface area contributed by atoms with Gasteiger partial charge in [-0.25, -0.2) is 4.98 Å². The summed E-state index contributed by atoms with van der Waals surface area (Å²) in [6.07, 6.45) is 1.89. The van der Waals surface area contributed by atoms with Gasteiger partial charge in [0, 0.05) is 12.7 Å². The van der Waals surface area contributed by atoms with Crippen molar-refractivity contribution < 1.29 is 9.47 Å². The molecule has 0 saturated heterocycles. The third kappa shape index (κ3) is 4.35. The minimum atomic E-state index is 0.417. The highest BCUT2D eigenvalue weighted by Crippen LogP contribution is 2.16. The van der Waals surface area contributed by atoms with Gasteiger partial charge in [0.2, 0.25) is 5.88 Å². The summed E-state index contributed by atoms with van der Waals surface area (Å²) in [6.45, 7) is 3.65. The summed E-state index contributed by atoms with van der Waals surface area (Å²) in [4.78, 5) is 8.16. The predicted molar refractivity (Wildman–Crippen MR) is 60.2 cm³/mol. The smallest absolute Gasteiger partial charge is 0.219 e. The lowest BCUT2D eigenvalue weighted by molar-refractivity contribution is 0.108. The molecule has 0 atom stereocenters. The molecule has 1 rings (SSSR count). The average molecular weight is 229 g/mol. The molecule has 15 heavy (non-hydrogen) atoms. The van der Waals surface area contributed by atoms with E-state index in [9.17, 15) is 0 Å². The van der Waals surface area contributed by atoms with E-state index in [0.29, 0.717) is 36.7 Å². The van der Waals surface area contributed by atoms with E-state index < -0.39 is 0 Å². The molecule has 0 spiro atoms. The number of hydrogen-bond donors (Lipinski definition) is 1. The standard InChI is InChI=1S/C9H15N3O2S/c1-3-13-4-5-14-8-6-7(10)11-9(12-8)15-2/h6H,3-5H2,1-2H3,(H2,10,11,12). The maximum atomic E-state index is 5.59. The van der Waals surface area contributed by atoms with Crippen LogP contribution in [0.2, 0.25) is 0 Å². The Morgan fingerprint density at radius 2 is 2.20 bits per heavy atom. The van der Waals surface area contributed by atoms with Crippen molar-refractivity contribution in [3.05, 3.63) is 6.07 Å². The predicted octanol–water partition coefficient (Wildman–Crippen LogP) is 1.20. The third-order valence-corrected chi connectivity index (χ3v) is 2.11. The molecule has 0 unspecified atom stereocenters. The number of ether oxygens (including phenoxy) is 2. The molecule has 2 N–H and O–H groups in total. The van der Waals surface area contributed by atoms with Gasteiger partial charge in [-0.1, -0.05) is 11.8 Å². The molecule has 0 aliphatic heterocycles. The van der Waals surface area contributed by atoms with Crippen LogP contribution < -0.4 is 10.5 Å². The average Bonchev–Trinajstić information content (AvgIpc) is 2.23. The Morgan fingerprint density at radius 1 is 1.40 bits per heavy atom. The fraction of sp³-hybridized carbons (Fsp3) is 0.556. The van der Waals surface area contributed by atoms with Crippen LogP contribution in [0.15, 0.2) is 11.2 Å². The van der Waals surface area contributed by atoms with Crippen LogP contribution in [-0.2, 0) is 4.74 Å². The van der Waals surface area contributed by atoms with Gasteiger partial charge in [-0.15, -0.1) is 0 Å². The van der Waals surface area contributed by atoms with E-state index in [1.54, 1.807) is 6.07 Å². The fourth-order valence-corrected chi connectivity index (χ4v) is 1.31. The van der Waals surface area contributed by atoms with E-state index in [0.717, 1.165) is 0 Å². The molecule has 0 bridgehead atoms. The van der Waals surface area contributed by atoms with E-state index in [1.807, 2.05) is 13.2 Å². The van der Waals surface area contributed by atoms with Gasteiger partial charge in [0.05, 0.1) is 6.61 Å². The lowest BCUT2D eigenvalue weighted by Gasteiger charge is -2.06. The van der Waals surface area contributed by atoms with Crippen LogP contribution >= 0.6 is 11.8 Å². The van der Waals surface area contributed by atoms with Crippen molar-refractivity contribution in [3.8, 4) is 5.88 Å². The van der Waals surface area contributed by atoms with Gasteiger partial charge in [0.15, 0.2) is 5.16 Å². The number of nitrogen functional groups attached to an aromatic ring is 1. The molecule has 0 fully saturated rings. The second-order valence-electron chi connectivity index (χ2n) is 2.66. The van der Waals surface area contributed by atoms with Gasteiger partial charge >= 0.3 is 0 Å². The Bertz CT molecular complexity index is 309. The zero-order chi connectivity index (χ0) is 11.1. The maximum absolute atomic E-state index is 5.59. The molecule has 5 nitrogen and oxygen atoms in total. The summed E-state index contributed by atoms with van der Waals surface area (Å²) in [7, 11) is 0. The summed E-state index contributed by atoms with van der Waals surface area (Å²) in [5, 5.41) is 0.612. The molecular formula is C9H15N3O2S. The number of nitrogens with zero attached hydrogens (tertiary/aromatic N) is 2. The van der Waals surface area contributed by atoms with Gasteiger partial charge < -0.3 is 15.2 Å². The number of aromatic nitrogens is 2. The van der Waals surface area contributed by atoms with E-state index in [2.05, 4.69) is 9.97 Å². The van der Waals surface area contributed by atoms with Crippen molar-refractivity contribution in [2.24, 2.45) is 0 Å². The number of anilines is 1. The molecule has 0 amide bonds. The van der Waals surface area contributed by atoms with E-state index in [4.69, 9.17) is 15.2 Å². The van der Waals surface area contributed by atoms with Crippen molar-refractivity contribution in [1.29, 1.82) is 0 Å². The number of rotatable bonds is 6. The first-order valence-corrected chi connectivity index (χ1v) is 5.87. The van der Waals surface area contributed by atoms with E-state index in [1.165, 1.54) is 11.8 Å². The Hall–Kier alpha value is -1.01. The second kappa shape index (κ2) is 6.47. The van der Waals surface area contributed by atoms with Gasteiger partial charge in [-0.2, -0.15) is 4.98 Å². The highest BCUT2D eigenvalue weighted by atomic mass is 32.2. The van der Waals surface area contributed by atoms with Crippen molar-refractivity contribution in [1.82, 2.24) is 9.97 Å². The van der Waals surface area contributed by atoms with Crippen molar-refractivity contribution in [3.63, 3.8) is 0 Å². The summed E-state index contributed by atoms with van der Waals surface area (Å²) < 4.78 is 10.5. The van der Waals surface area contributed by atoms with Crippen molar-refractivity contribution in [2.45, 2.75) is 12.1 Å². The van der Waals surface area contributed by atoms with Crippen LogP contribution in [0.5, 0.6) is 5.88 Å². The largest absolute Gasteiger partial charge is 0.475 e. The molecule has 0 aromatic carbocycles. The summed E-state index contributed by atoms with van der Waals surface area (Å²) >= 11 is 1.43. The number of nitrogens with two attached hydrogens (primary N) is 1. The zero-order valence-electron chi connectivity index (χ0n) is 8.90. The molecule has 0 aliphatic rings. The fourth-order valence-electron chi connectivity index (χ4n) is 0.935. The Kier molecular flexibility index (Phi) is 5.20. The molecule has 0 radical (unpaired) electrons. The lowest BCUT2D eigenvalue weighted by Crippen LogP contribution is -2.08. The zero-order valence-corrected chi connectivity index (χ0v) is 9.71. The highest BCUT2D eigenvalue weighted by molar-refractivity contribution is 7.98. The second-order valence-corrected chi connectivity index (χ2v) is 3.44. The normalized spacial score (nSPS) is 10.3. The first-order chi connectivity index (χ1) is 7.26. The van der Waals surface area contributed by atoms with Crippen LogP contribution in [0.3, 0.4) is 0 Å².